The van der Waals surface area contributed by atoms with Crippen LogP contribution in [-0.2, 0) is 35.1 Å². The lowest BCUT2D eigenvalue weighted by Gasteiger charge is -2.19. The van der Waals surface area contributed by atoms with Gasteiger partial charge in [-0.2, -0.15) is 13.2 Å². The van der Waals surface area contributed by atoms with Gasteiger partial charge in [-0.15, -0.1) is 0 Å². The van der Waals surface area contributed by atoms with E-state index in [0.717, 1.165) is 0 Å². The van der Waals surface area contributed by atoms with Crippen molar-refractivity contribution in [3.63, 3.8) is 0 Å². The summed E-state index contributed by atoms with van der Waals surface area (Å²) in [5, 5.41) is 17.1. The van der Waals surface area contributed by atoms with Crippen LogP contribution < -0.4 is 27.0 Å². The van der Waals surface area contributed by atoms with E-state index in [4.69, 9.17) is 12.2 Å². The van der Waals surface area contributed by atoms with Gasteiger partial charge in [0.1, 0.15) is 12.8 Å². The van der Waals surface area contributed by atoms with Crippen LogP contribution in [0.25, 0.3) is 0 Å². The molecule has 0 radical (unpaired) electrons. The summed E-state index contributed by atoms with van der Waals surface area (Å²) in [6.07, 6.45) is -9.88. The largest absolute Gasteiger partial charge is 0.479 e. The lowest BCUT2D eigenvalue weighted by atomic mass is 10.1. The Labute approximate surface area is 192 Å². The second-order valence-electron chi connectivity index (χ2n) is 6.53. The van der Waals surface area contributed by atoms with E-state index in [9.17, 15) is 37.1 Å². The topological polar surface area (TPSA) is 189 Å². The number of carboxylic acids is 1. The first-order valence-electron chi connectivity index (χ1n) is 10.1. The van der Waals surface area contributed by atoms with Gasteiger partial charge in [0.25, 0.3) is 6.08 Å². The lowest BCUT2D eigenvalue weighted by molar-refractivity contribution is -0.228. The van der Waals surface area contributed by atoms with Crippen LogP contribution in [0.15, 0.2) is 30.3 Å². The first-order valence-corrected chi connectivity index (χ1v) is 9.58. The Balaban J connectivity index is 2.68. The van der Waals surface area contributed by atoms with E-state index in [0.29, 0.717) is 5.56 Å². The smallest absolute Gasteiger partial charge is 0.425 e. The van der Waals surface area contributed by atoms with Crippen LogP contribution in [-0.4, -0.2) is 79.4 Å². The molecular weight excluding hydrogens is 467 g/mol. The van der Waals surface area contributed by atoms with E-state index in [1.807, 2.05) is 0 Å². The average Bonchev–Trinajstić information content (AvgIpc) is 2.80. The minimum Gasteiger partial charge on any atom is -0.479 e. The van der Waals surface area contributed by atoms with E-state index < -0.39 is 67.7 Å². The average molecular weight is 492 g/mol. The minimum atomic E-state index is -5.58. The molecule has 0 aliphatic rings. The standard InChI is InChI=1S/C19H24F3N5O7/c20-19(21,22)16(18(32)33)34-10-26-14(29)8-25-17(31)12(6-11-4-2-1-3-5-11)27-15(30)9-24-13(28)7-23/h1-5,12,16H,6-10,23H2,(H,24,28)(H,25,31)(H,26,29)(H,27,30)(H,32,33)/t12-,16?/m0/s1/i16D. The molecule has 34 heavy (non-hydrogen) atoms. The van der Waals surface area contributed by atoms with Gasteiger partial charge in [-0.1, -0.05) is 30.3 Å². The van der Waals surface area contributed by atoms with Crippen LogP contribution >= 0.6 is 0 Å². The van der Waals surface area contributed by atoms with Crippen molar-refractivity contribution in [2.45, 2.75) is 24.7 Å². The zero-order valence-corrected chi connectivity index (χ0v) is 17.6. The van der Waals surface area contributed by atoms with Gasteiger partial charge in [-0.25, -0.2) is 4.79 Å². The van der Waals surface area contributed by atoms with Gasteiger partial charge in [-0.3, -0.25) is 19.2 Å². The number of hydrogen-bond acceptors (Lipinski definition) is 7. The molecule has 2 atom stereocenters. The number of nitrogens with one attached hydrogen (secondary N) is 4. The SMILES string of the molecule is [2H]C(OCNC(=O)CNC(=O)[C@H](Cc1ccccc1)NC(=O)CNC(=O)CN)(C(=O)O)C(F)(F)F. The summed E-state index contributed by atoms with van der Waals surface area (Å²) in [7, 11) is 0. The van der Waals surface area contributed by atoms with Crippen LogP contribution in [0.1, 0.15) is 6.93 Å². The molecule has 0 bridgehead atoms. The summed E-state index contributed by atoms with van der Waals surface area (Å²) in [6.45, 7) is -2.87. The van der Waals surface area contributed by atoms with E-state index in [1.165, 1.54) is 0 Å². The molecule has 0 heterocycles. The third kappa shape index (κ3) is 10.7. The highest BCUT2D eigenvalue weighted by Gasteiger charge is 2.46. The Morgan fingerprint density at radius 1 is 1.00 bits per heavy atom. The predicted molar refractivity (Wildman–Crippen MR) is 109 cm³/mol. The van der Waals surface area contributed by atoms with Crippen molar-refractivity contribution in [3.05, 3.63) is 35.9 Å². The second-order valence-corrected chi connectivity index (χ2v) is 6.53. The van der Waals surface area contributed by atoms with E-state index >= 15 is 0 Å². The van der Waals surface area contributed by atoms with Gasteiger partial charge in [0, 0.05) is 6.42 Å². The zero-order valence-electron chi connectivity index (χ0n) is 18.6. The van der Waals surface area contributed by atoms with Gasteiger partial charge in [-0.05, 0) is 5.56 Å². The predicted octanol–water partition coefficient (Wildman–Crippen LogP) is -1.99. The highest BCUT2D eigenvalue weighted by atomic mass is 19.4. The molecule has 0 saturated carbocycles. The van der Waals surface area contributed by atoms with Gasteiger partial charge in [0.2, 0.25) is 23.6 Å². The molecule has 0 aliphatic carbocycles. The zero-order chi connectivity index (χ0) is 26.6. The molecule has 0 aromatic heterocycles. The normalized spacial score (nSPS) is 14.1. The van der Waals surface area contributed by atoms with Crippen LogP contribution in [0.5, 0.6) is 0 Å². The maximum absolute atomic E-state index is 12.7. The number of nitrogens with two attached hydrogens (primary N) is 1. The summed E-state index contributed by atoms with van der Waals surface area (Å²) in [5.41, 5.74) is 5.77. The Hall–Kier alpha value is -3.72. The van der Waals surface area contributed by atoms with E-state index in [-0.39, 0.29) is 13.0 Å². The molecule has 1 aromatic rings. The number of ether oxygens (including phenoxy) is 1. The molecule has 15 heteroatoms. The Bertz CT molecular complexity index is 920. The Kier molecular flexibility index (Phi) is 10.7. The maximum atomic E-state index is 12.7. The summed E-state index contributed by atoms with van der Waals surface area (Å²) < 4.78 is 49.0. The van der Waals surface area contributed by atoms with Crippen molar-refractivity contribution in [1.82, 2.24) is 21.3 Å². The molecule has 0 fully saturated rings. The van der Waals surface area contributed by atoms with Crippen molar-refractivity contribution < 1.29 is 48.4 Å². The van der Waals surface area contributed by atoms with Crippen molar-refractivity contribution in [3.8, 4) is 0 Å². The molecule has 0 aliphatic heterocycles. The van der Waals surface area contributed by atoms with Crippen molar-refractivity contribution >= 4 is 29.6 Å². The number of amides is 4. The van der Waals surface area contributed by atoms with Crippen LogP contribution in [0, 0.1) is 0 Å². The number of rotatable bonds is 13. The van der Waals surface area contributed by atoms with Gasteiger partial charge < -0.3 is 36.8 Å². The van der Waals surface area contributed by atoms with Crippen molar-refractivity contribution in [1.29, 1.82) is 0 Å². The number of carbonyl (C=O) groups is 5. The third-order valence-corrected chi connectivity index (χ3v) is 3.93. The number of carbonyl (C=O) groups excluding carboxylic acids is 4. The van der Waals surface area contributed by atoms with Crippen LogP contribution in [0.2, 0.25) is 0 Å². The van der Waals surface area contributed by atoms with Crippen LogP contribution in [0.3, 0.4) is 0 Å². The molecule has 0 spiro atoms. The highest BCUT2D eigenvalue weighted by molar-refractivity contribution is 5.92. The summed E-state index contributed by atoms with van der Waals surface area (Å²) in [5.74, 6) is -5.86. The van der Waals surface area contributed by atoms with Crippen molar-refractivity contribution in [2.75, 3.05) is 26.4 Å². The summed E-state index contributed by atoms with van der Waals surface area (Å²) in [4.78, 5) is 58.3. The molecule has 0 saturated heterocycles. The number of aliphatic carboxylic acids is 1. The van der Waals surface area contributed by atoms with Gasteiger partial charge >= 0.3 is 12.1 Å². The van der Waals surface area contributed by atoms with Crippen LogP contribution in [0.4, 0.5) is 13.2 Å². The molecule has 4 amide bonds. The summed E-state index contributed by atoms with van der Waals surface area (Å²) >= 11 is 0. The minimum absolute atomic E-state index is 0.000460. The highest BCUT2D eigenvalue weighted by Crippen LogP contribution is 2.22. The number of hydrogen-bond donors (Lipinski definition) is 6. The van der Waals surface area contributed by atoms with E-state index in [2.05, 4.69) is 20.7 Å². The van der Waals surface area contributed by atoms with Gasteiger partial charge in [0.15, 0.2) is 0 Å². The molecule has 1 aromatic carbocycles. The molecule has 12 nitrogen and oxygen atoms in total. The summed E-state index contributed by atoms with van der Waals surface area (Å²) in [6, 6.07) is 7.24. The molecule has 1 unspecified atom stereocenters. The van der Waals surface area contributed by atoms with E-state index in [1.54, 1.807) is 35.6 Å². The Morgan fingerprint density at radius 2 is 1.62 bits per heavy atom. The molecule has 1 rings (SSSR count). The maximum Gasteiger partial charge on any atom is 0.425 e. The van der Waals surface area contributed by atoms with Crippen molar-refractivity contribution in [2.24, 2.45) is 5.73 Å². The number of halogens is 3. The fourth-order valence-corrected chi connectivity index (χ4v) is 2.36. The molecule has 7 N–H and O–H groups in total. The lowest BCUT2D eigenvalue weighted by Crippen LogP contribution is -2.52. The quantitative estimate of drug-likeness (QED) is 0.171. The molecule has 188 valence electrons. The van der Waals surface area contributed by atoms with Gasteiger partial charge in [0.05, 0.1) is 21.0 Å². The number of alkyl halides is 3. The fourth-order valence-electron chi connectivity index (χ4n) is 2.36. The first kappa shape index (κ1) is 26.5. The number of carboxylic acid groups (broad SMARTS) is 1. The Morgan fingerprint density at radius 3 is 2.18 bits per heavy atom. The fraction of sp³-hybridized carbons (Fsp3) is 0.421. The number of benzene rings is 1. The monoisotopic (exact) mass is 492 g/mol. The molecular formula is C19H24F3N5O7. The first-order chi connectivity index (χ1) is 16.3. The third-order valence-electron chi connectivity index (χ3n) is 3.93. The second kappa shape index (κ2) is 13.7.